The molecule has 1 fully saturated rings. The second-order valence-corrected chi connectivity index (χ2v) is 6.14. The van der Waals surface area contributed by atoms with Gasteiger partial charge in [0.05, 0.1) is 12.2 Å². The summed E-state index contributed by atoms with van der Waals surface area (Å²) in [5.41, 5.74) is 0.579. The number of hydrogen-bond acceptors (Lipinski definition) is 5. The monoisotopic (exact) mass is 304 g/mol. The van der Waals surface area contributed by atoms with Gasteiger partial charge in [0.15, 0.2) is 0 Å². The number of esters is 1. The molecule has 88 valence electrons. The molecule has 16 heavy (non-hydrogen) atoms. The lowest BCUT2D eigenvalue weighted by molar-refractivity contribution is -0.138. The maximum atomic E-state index is 11.5. The highest BCUT2D eigenvalue weighted by Gasteiger charge is 2.35. The largest absolute Gasteiger partial charge is 0.462 e. The van der Waals surface area contributed by atoms with E-state index in [9.17, 15) is 4.79 Å². The molecule has 0 radical (unpaired) electrons. The normalized spacial score (nSPS) is 28.9. The van der Waals surface area contributed by atoms with Gasteiger partial charge < -0.3 is 10.1 Å². The summed E-state index contributed by atoms with van der Waals surface area (Å²) >= 11 is 5.24. The first-order valence-corrected chi connectivity index (χ1v) is 6.80. The standard InChI is InChI=1S/C10H13BrN2O2S/c1-3-15-9(14)6-4-7-8(12-5-6)13(2)10(11)16-7/h4-5,8,10,12H,3H2,1-2H3. The molecule has 1 saturated heterocycles. The number of nitrogens with zero attached hydrogens (tertiary/aromatic N) is 1. The molecule has 6 heteroatoms. The zero-order chi connectivity index (χ0) is 11.7. The van der Waals surface area contributed by atoms with Crippen LogP contribution < -0.4 is 5.32 Å². The van der Waals surface area contributed by atoms with Crippen molar-refractivity contribution in [3.8, 4) is 0 Å². The van der Waals surface area contributed by atoms with Gasteiger partial charge in [0.1, 0.15) is 10.4 Å². The minimum atomic E-state index is -0.276. The van der Waals surface area contributed by atoms with Gasteiger partial charge in [0.25, 0.3) is 0 Å². The Morgan fingerprint density at radius 1 is 1.75 bits per heavy atom. The summed E-state index contributed by atoms with van der Waals surface area (Å²) in [5.74, 6) is -0.276. The van der Waals surface area contributed by atoms with Gasteiger partial charge in [0.2, 0.25) is 0 Å². The number of carbonyl (C=O) groups excluding carboxylic acids is 1. The number of thioether (sulfide) groups is 1. The van der Waals surface area contributed by atoms with Crippen LogP contribution in [0.25, 0.3) is 0 Å². The Hall–Kier alpha value is -0.460. The Bertz CT molecular complexity index is 370. The number of likely N-dealkylation sites (N-methyl/N-ethyl adjacent to an activating group) is 1. The maximum Gasteiger partial charge on any atom is 0.339 e. The van der Waals surface area contributed by atoms with Crippen LogP contribution in [-0.4, -0.2) is 35.0 Å². The molecule has 0 spiro atoms. The predicted molar refractivity (Wildman–Crippen MR) is 67.8 cm³/mol. The molecule has 0 aromatic carbocycles. The van der Waals surface area contributed by atoms with Crippen molar-refractivity contribution in [1.82, 2.24) is 10.2 Å². The van der Waals surface area contributed by atoms with Gasteiger partial charge in [-0.25, -0.2) is 4.79 Å². The summed E-state index contributed by atoms with van der Waals surface area (Å²) in [4.78, 5) is 14.8. The fraction of sp³-hybridized carbons (Fsp3) is 0.500. The SMILES string of the molecule is CCOC(=O)C1=CNC2C(=C1)SC(Br)N2C. The van der Waals surface area contributed by atoms with E-state index in [0.717, 1.165) is 4.91 Å². The topological polar surface area (TPSA) is 41.6 Å². The van der Waals surface area contributed by atoms with Gasteiger partial charge in [-0.1, -0.05) is 27.7 Å². The summed E-state index contributed by atoms with van der Waals surface area (Å²) < 4.78 is 5.20. The van der Waals surface area contributed by atoms with Crippen molar-refractivity contribution >= 4 is 33.7 Å². The van der Waals surface area contributed by atoms with Crippen LogP contribution >= 0.6 is 27.7 Å². The quantitative estimate of drug-likeness (QED) is 0.477. The fourth-order valence-electron chi connectivity index (χ4n) is 1.59. The van der Waals surface area contributed by atoms with Crippen LogP contribution in [0.2, 0.25) is 0 Å². The van der Waals surface area contributed by atoms with Gasteiger partial charge in [-0.05, 0) is 20.0 Å². The summed E-state index contributed by atoms with van der Waals surface area (Å²) in [6.45, 7) is 2.20. The third-order valence-electron chi connectivity index (χ3n) is 2.44. The van der Waals surface area contributed by atoms with E-state index in [1.165, 1.54) is 0 Å². The molecule has 0 amide bonds. The molecule has 2 atom stereocenters. The number of fused-ring (bicyclic) bond motifs is 1. The van der Waals surface area contributed by atoms with E-state index < -0.39 is 0 Å². The number of ether oxygens (including phenoxy) is 1. The summed E-state index contributed by atoms with van der Waals surface area (Å²) in [7, 11) is 2.02. The Labute approximate surface area is 107 Å². The molecular weight excluding hydrogens is 292 g/mol. The zero-order valence-corrected chi connectivity index (χ0v) is 11.5. The molecule has 0 aromatic rings. The Morgan fingerprint density at radius 3 is 3.19 bits per heavy atom. The molecule has 1 N–H and O–H groups in total. The molecule has 0 aromatic heterocycles. The van der Waals surface area contributed by atoms with Crippen molar-refractivity contribution in [3.63, 3.8) is 0 Å². The van der Waals surface area contributed by atoms with Crippen LogP contribution in [-0.2, 0) is 9.53 Å². The molecule has 2 aliphatic rings. The fourth-order valence-corrected chi connectivity index (χ4v) is 3.54. The van der Waals surface area contributed by atoms with Crippen LogP contribution in [0.15, 0.2) is 22.8 Å². The first kappa shape index (κ1) is 12.0. The Balaban J connectivity index is 2.12. The number of dihydropyridines is 1. The molecule has 0 aliphatic carbocycles. The second kappa shape index (κ2) is 4.81. The molecule has 0 bridgehead atoms. The second-order valence-electron chi connectivity index (χ2n) is 3.51. The van der Waals surface area contributed by atoms with Crippen LogP contribution in [0.5, 0.6) is 0 Å². The highest BCUT2D eigenvalue weighted by molar-refractivity contribution is 9.11. The van der Waals surface area contributed by atoms with Crippen molar-refractivity contribution < 1.29 is 9.53 Å². The van der Waals surface area contributed by atoms with Crippen molar-refractivity contribution in [2.75, 3.05) is 13.7 Å². The van der Waals surface area contributed by atoms with Crippen molar-refractivity contribution in [3.05, 3.63) is 22.8 Å². The first-order valence-electron chi connectivity index (χ1n) is 5.01. The zero-order valence-electron chi connectivity index (χ0n) is 9.07. The van der Waals surface area contributed by atoms with E-state index in [2.05, 4.69) is 26.1 Å². The lowest BCUT2D eigenvalue weighted by Crippen LogP contribution is -2.40. The van der Waals surface area contributed by atoms with E-state index in [-0.39, 0.29) is 16.4 Å². The lowest BCUT2D eigenvalue weighted by Gasteiger charge is -2.24. The van der Waals surface area contributed by atoms with Crippen molar-refractivity contribution in [2.45, 2.75) is 17.4 Å². The summed E-state index contributed by atoms with van der Waals surface area (Å²) in [6, 6.07) is 0. The summed E-state index contributed by atoms with van der Waals surface area (Å²) in [6.07, 6.45) is 3.77. The maximum absolute atomic E-state index is 11.5. The van der Waals surface area contributed by atoms with Gasteiger partial charge in [-0.15, -0.1) is 0 Å². The average molecular weight is 305 g/mol. The molecule has 4 nitrogen and oxygen atoms in total. The number of carbonyl (C=O) groups is 1. The van der Waals surface area contributed by atoms with E-state index in [1.54, 1.807) is 24.9 Å². The molecule has 2 aliphatic heterocycles. The van der Waals surface area contributed by atoms with Crippen LogP contribution in [0, 0.1) is 0 Å². The van der Waals surface area contributed by atoms with Gasteiger partial charge >= 0.3 is 5.97 Å². The Kier molecular flexibility index (Phi) is 3.61. The van der Waals surface area contributed by atoms with Crippen LogP contribution in [0.1, 0.15) is 6.92 Å². The number of alkyl halides is 1. The Morgan fingerprint density at radius 2 is 2.50 bits per heavy atom. The summed E-state index contributed by atoms with van der Waals surface area (Å²) in [5, 5.41) is 3.19. The van der Waals surface area contributed by atoms with E-state index in [1.807, 2.05) is 13.1 Å². The number of rotatable bonds is 2. The van der Waals surface area contributed by atoms with Gasteiger partial charge in [-0.2, -0.15) is 0 Å². The minimum Gasteiger partial charge on any atom is -0.462 e. The van der Waals surface area contributed by atoms with Crippen LogP contribution in [0.4, 0.5) is 0 Å². The number of hydrogen-bond donors (Lipinski definition) is 1. The van der Waals surface area contributed by atoms with Crippen LogP contribution in [0.3, 0.4) is 0 Å². The highest BCUT2D eigenvalue weighted by atomic mass is 79.9. The average Bonchev–Trinajstić information content (AvgIpc) is 2.55. The van der Waals surface area contributed by atoms with Gasteiger partial charge in [0, 0.05) is 11.1 Å². The van der Waals surface area contributed by atoms with E-state index >= 15 is 0 Å². The highest BCUT2D eigenvalue weighted by Crippen LogP contribution is 2.41. The first-order chi connectivity index (χ1) is 7.63. The molecule has 2 heterocycles. The van der Waals surface area contributed by atoms with E-state index in [0.29, 0.717) is 12.2 Å². The number of nitrogens with one attached hydrogen (secondary N) is 1. The third-order valence-corrected chi connectivity index (χ3v) is 4.78. The molecular formula is C10H13BrN2O2S. The predicted octanol–water partition coefficient (Wildman–Crippen LogP) is 1.60. The third kappa shape index (κ3) is 2.14. The minimum absolute atomic E-state index is 0.160. The number of halogens is 1. The molecule has 2 unspecified atom stereocenters. The van der Waals surface area contributed by atoms with E-state index in [4.69, 9.17) is 4.74 Å². The lowest BCUT2D eigenvalue weighted by atomic mass is 10.2. The van der Waals surface area contributed by atoms with Gasteiger partial charge in [-0.3, -0.25) is 4.90 Å². The molecule has 2 rings (SSSR count). The van der Waals surface area contributed by atoms with Crippen molar-refractivity contribution in [1.29, 1.82) is 0 Å². The van der Waals surface area contributed by atoms with Crippen molar-refractivity contribution in [2.24, 2.45) is 0 Å². The smallest absolute Gasteiger partial charge is 0.339 e. The molecule has 0 saturated carbocycles.